The van der Waals surface area contributed by atoms with Crippen LogP contribution < -0.4 is 19.5 Å². The summed E-state index contributed by atoms with van der Waals surface area (Å²) in [7, 11) is -3.96. The van der Waals surface area contributed by atoms with Crippen LogP contribution in [0.1, 0.15) is 21.9 Å². The van der Waals surface area contributed by atoms with Gasteiger partial charge in [0, 0.05) is 12.3 Å². The fourth-order valence-electron chi connectivity index (χ4n) is 3.03. The monoisotopic (exact) mass is 440 g/mol. The lowest BCUT2D eigenvalue weighted by Gasteiger charge is -2.19. The summed E-state index contributed by atoms with van der Waals surface area (Å²) in [6.45, 7) is 2.70. The Kier molecular flexibility index (Phi) is 5.72. The van der Waals surface area contributed by atoms with Crippen LogP contribution in [0, 0.1) is 6.92 Å². The van der Waals surface area contributed by atoms with Crippen molar-refractivity contribution >= 4 is 21.6 Å². The Balaban J connectivity index is 1.53. The van der Waals surface area contributed by atoms with Gasteiger partial charge in [-0.3, -0.25) is 9.52 Å². The molecule has 10 heteroatoms. The van der Waals surface area contributed by atoms with Crippen LogP contribution in [-0.4, -0.2) is 37.5 Å². The van der Waals surface area contributed by atoms with Gasteiger partial charge in [-0.05, 0) is 37.3 Å². The maximum atomic E-state index is 12.9. The van der Waals surface area contributed by atoms with Gasteiger partial charge in [0.1, 0.15) is 19.0 Å². The summed E-state index contributed by atoms with van der Waals surface area (Å²) in [5, 5.41) is 2.75. The van der Waals surface area contributed by atoms with Crippen LogP contribution in [0.3, 0.4) is 0 Å². The number of nitrogens with one attached hydrogen (secondary N) is 2. The van der Waals surface area contributed by atoms with Crippen molar-refractivity contribution in [3.63, 3.8) is 0 Å². The molecule has 4 rings (SSSR count). The molecule has 31 heavy (non-hydrogen) atoms. The van der Waals surface area contributed by atoms with Gasteiger partial charge in [0.15, 0.2) is 11.5 Å². The highest BCUT2D eigenvalue weighted by molar-refractivity contribution is 7.92. The molecule has 0 radical (unpaired) electrons. The van der Waals surface area contributed by atoms with Crippen molar-refractivity contribution in [2.45, 2.75) is 18.4 Å². The lowest BCUT2D eigenvalue weighted by molar-refractivity contribution is 0.0951. The van der Waals surface area contributed by atoms with Crippen LogP contribution in [0.2, 0.25) is 0 Å². The zero-order chi connectivity index (χ0) is 21.8. The summed E-state index contributed by atoms with van der Waals surface area (Å²) < 4.78 is 39.2. The van der Waals surface area contributed by atoms with Gasteiger partial charge in [-0.2, -0.15) is 0 Å². The summed E-state index contributed by atoms with van der Waals surface area (Å²) in [4.78, 5) is 21.0. The molecular weight excluding hydrogens is 420 g/mol. The SMILES string of the molecule is Cc1nccc(CNC(=O)c2ccccc2NS(=O)(=O)c2ccc3c(c2)OCCO3)n1. The molecule has 1 amide bonds. The number of sulfonamides is 1. The van der Waals surface area contributed by atoms with Gasteiger partial charge < -0.3 is 14.8 Å². The van der Waals surface area contributed by atoms with Gasteiger partial charge in [0.25, 0.3) is 15.9 Å². The molecule has 1 aliphatic rings. The molecule has 1 aliphatic heterocycles. The van der Waals surface area contributed by atoms with Crippen molar-refractivity contribution in [1.29, 1.82) is 0 Å². The van der Waals surface area contributed by atoms with E-state index in [1.165, 1.54) is 18.2 Å². The van der Waals surface area contributed by atoms with Gasteiger partial charge in [-0.25, -0.2) is 18.4 Å². The first-order valence-electron chi connectivity index (χ1n) is 9.50. The average molecular weight is 440 g/mol. The van der Waals surface area contributed by atoms with E-state index in [1.54, 1.807) is 43.5 Å². The van der Waals surface area contributed by atoms with E-state index in [-0.39, 0.29) is 22.7 Å². The molecule has 0 spiro atoms. The van der Waals surface area contributed by atoms with Crippen LogP contribution in [0.4, 0.5) is 5.69 Å². The first-order chi connectivity index (χ1) is 14.9. The lowest BCUT2D eigenvalue weighted by atomic mass is 10.1. The van der Waals surface area contributed by atoms with Gasteiger partial charge in [-0.1, -0.05) is 12.1 Å². The van der Waals surface area contributed by atoms with Crippen LogP contribution in [0.15, 0.2) is 59.6 Å². The second kappa shape index (κ2) is 8.60. The number of hydrogen-bond donors (Lipinski definition) is 2. The molecule has 2 heterocycles. The molecule has 0 unspecified atom stereocenters. The number of ether oxygens (including phenoxy) is 2. The van der Waals surface area contributed by atoms with Crippen LogP contribution in [-0.2, 0) is 16.6 Å². The van der Waals surface area contributed by atoms with Crippen LogP contribution in [0.25, 0.3) is 0 Å². The lowest BCUT2D eigenvalue weighted by Crippen LogP contribution is -2.25. The van der Waals surface area contributed by atoms with Gasteiger partial charge in [0.05, 0.1) is 28.4 Å². The second-order valence-corrected chi connectivity index (χ2v) is 8.42. The molecule has 0 atom stereocenters. The average Bonchev–Trinajstić information content (AvgIpc) is 2.77. The highest BCUT2D eigenvalue weighted by Gasteiger charge is 2.21. The van der Waals surface area contributed by atoms with Crippen LogP contribution >= 0.6 is 0 Å². The zero-order valence-corrected chi connectivity index (χ0v) is 17.5. The third kappa shape index (κ3) is 4.75. The Morgan fingerprint density at radius 3 is 2.65 bits per heavy atom. The number of carbonyl (C=O) groups excluding carboxylic acids is 1. The fourth-order valence-corrected chi connectivity index (χ4v) is 4.13. The van der Waals surface area contributed by atoms with E-state index in [9.17, 15) is 13.2 Å². The molecule has 2 aromatic carbocycles. The minimum Gasteiger partial charge on any atom is -0.486 e. The van der Waals surface area contributed by atoms with E-state index in [0.29, 0.717) is 36.2 Å². The van der Waals surface area contributed by atoms with E-state index < -0.39 is 15.9 Å². The topological polar surface area (TPSA) is 120 Å². The highest BCUT2D eigenvalue weighted by Crippen LogP contribution is 2.33. The number of aryl methyl sites for hydroxylation is 1. The number of amides is 1. The predicted octanol–water partition coefficient (Wildman–Crippen LogP) is 2.29. The van der Waals surface area contributed by atoms with Gasteiger partial charge in [-0.15, -0.1) is 0 Å². The number of anilines is 1. The molecule has 0 aliphatic carbocycles. The number of rotatable bonds is 6. The maximum Gasteiger partial charge on any atom is 0.262 e. The Hall–Kier alpha value is -3.66. The van der Waals surface area contributed by atoms with Crippen molar-refractivity contribution < 1.29 is 22.7 Å². The molecule has 1 aromatic heterocycles. The Morgan fingerprint density at radius 2 is 1.84 bits per heavy atom. The number of benzene rings is 2. The molecular formula is C21H20N4O5S. The van der Waals surface area contributed by atoms with E-state index >= 15 is 0 Å². The summed E-state index contributed by atoms with van der Waals surface area (Å²) >= 11 is 0. The quantitative estimate of drug-likeness (QED) is 0.603. The van der Waals surface area contributed by atoms with Crippen molar-refractivity contribution in [3.8, 4) is 11.5 Å². The van der Waals surface area contributed by atoms with Gasteiger partial charge in [0.2, 0.25) is 0 Å². The van der Waals surface area contributed by atoms with Crippen molar-refractivity contribution in [2.75, 3.05) is 17.9 Å². The minimum atomic E-state index is -3.96. The molecule has 0 saturated carbocycles. The molecule has 0 bridgehead atoms. The number of aromatic nitrogens is 2. The zero-order valence-electron chi connectivity index (χ0n) is 16.7. The number of hydrogen-bond acceptors (Lipinski definition) is 7. The summed E-state index contributed by atoms with van der Waals surface area (Å²) in [5.74, 6) is 1.02. The normalized spacial score (nSPS) is 12.8. The smallest absolute Gasteiger partial charge is 0.262 e. The number of fused-ring (bicyclic) bond motifs is 1. The standard InChI is InChI=1S/C21H20N4O5S/c1-14-22-9-8-15(24-14)13-23-21(26)17-4-2-3-5-18(17)25-31(27,28)16-6-7-19-20(12-16)30-11-10-29-19/h2-9,12,25H,10-11,13H2,1H3,(H,23,26). The molecule has 3 aromatic rings. The van der Waals surface area contributed by atoms with Crippen molar-refractivity contribution in [2.24, 2.45) is 0 Å². The highest BCUT2D eigenvalue weighted by atomic mass is 32.2. The summed E-state index contributed by atoms with van der Waals surface area (Å²) in [6, 6.07) is 12.4. The molecule has 2 N–H and O–H groups in total. The largest absolute Gasteiger partial charge is 0.486 e. The van der Waals surface area contributed by atoms with E-state index in [2.05, 4.69) is 20.0 Å². The predicted molar refractivity (Wildman–Crippen MR) is 113 cm³/mol. The molecule has 9 nitrogen and oxygen atoms in total. The number of nitrogens with zero attached hydrogens (tertiary/aromatic N) is 2. The van der Waals surface area contributed by atoms with Crippen molar-refractivity contribution in [1.82, 2.24) is 15.3 Å². The fraction of sp³-hybridized carbons (Fsp3) is 0.190. The van der Waals surface area contributed by atoms with Crippen molar-refractivity contribution in [3.05, 3.63) is 71.8 Å². The Morgan fingerprint density at radius 1 is 1.06 bits per heavy atom. The van der Waals surface area contributed by atoms with E-state index in [4.69, 9.17) is 9.47 Å². The molecule has 0 saturated heterocycles. The third-order valence-electron chi connectivity index (χ3n) is 4.50. The molecule has 0 fully saturated rings. The Labute approximate surface area is 179 Å². The number of carbonyl (C=O) groups is 1. The van der Waals surface area contributed by atoms with Crippen LogP contribution in [0.5, 0.6) is 11.5 Å². The van der Waals surface area contributed by atoms with Gasteiger partial charge >= 0.3 is 0 Å². The first-order valence-corrected chi connectivity index (χ1v) is 11.0. The Bertz CT molecular complexity index is 1230. The van der Waals surface area contributed by atoms with E-state index in [0.717, 1.165) is 0 Å². The third-order valence-corrected chi connectivity index (χ3v) is 5.87. The summed E-state index contributed by atoms with van der Waals surface area (Å²) in [6.07, 6.45) is 1.61. The summed E-state index contributed by atoms with van der Waals surface area (Å²) in [5.41, 5.74) is 0.998. The minimum absolute atomic E-state index is 0.00317. The maximum absolute atomic E-state index is 12.9. The number of para-hydroxylation sites is 1. The second-order valence-electron chi connectivity index (χ2n) is 6.73. The first kappa shape index (κ1) is 20.6. The molecule has 160 valence electrons. The van der Waals surface area contributed by atoms with E-state index in [1.807, 2.05) is 0 Å².